The van der Waals surface area contributed by atoms with Gasteiger partial charge in [-0.05, 0) is 23.6 Å². The Bertz CT molecular complexity index is 481. The van der Waals surface area contributed by atoms with E-state index in [0.29, 0.717) is 6.54 Å². The number of benzene rings is 1. The largest absolute Gasteiger partial charge is 0.378 e. The van der Waals surface area contributed by atoms with Gasteiger partial charge < -0.3 is 15.5 Å². The molecule has 1 rings (SSSR count). The summed E-state index contributed by atoms with van der Waals surface area (Å²) in [5.41, 5.74) is 2.14. The van der Waals surface area contributed by atoms with Crippen molar-refractivity contribution >= 4 is 17.5 Å². The van der Waals surface area contributed by atoms with Crippen LogP contribution in [0.2, 0.25) is 0 Å². The van der Waals surface area contributed by atoms with Crippen LogP contribution < -0.4 is 15.5 Å². The first-order chi connectivity index (χ1) is 9.81. The third kappa shape index (κ3) is 5.45. The first-order valence-corrected chi connectivity index (χ1v) is 7.12. The summed E-state index contributed by atoms with van der Waals surface area (Å²) in [6.45, 7) is 5.69. The van der Waals surface area contributed by atoms with Crippen molar-refractivity contribution in [3.63, 3.8) is 0 Å². The summed E-state index contributed by atoms with van der Waals surface area (Å²) in [5.74, 6) is -0.305. The highest BCUT2D eigenvalue weighted by molar-refractivity contribution is 5.87. The molecule has 0 fully saturated rings. The highest BCUT2D eigenvalue weighted by Crippen LogP contribution is 2.12. The number of nitrogens with zero attached hydrogens (tertiary/aromatic N) is 1. The van der Waals surface area contributed by atoms with Crippen LogP contribution in [0, 0.1) is 5.92 Å². The third-order valence-corrected chi connectivity index (χ3v) is 3.23. The molecule has 2 amide bonds. The maximum absolute atomic E-state index is 12.1. The lowest BCUT2D eigenvalue weighted by Gasteiger charge is -2.21. The minimum absolute atomic E-state index is 0.0463. The molecular weight excluding hydrogens is 266 g/mol. The lowest BCUT2D eigenvalue weighted by molar-refractivity contribution is -0.129. The Kier molecular flexibility index (Phi) is 6.21. The van der Waals surface area contributed by atoms with Gasteiger partial charge in [-0.25, -0.2) is 0 Å². The van der Waals surface area contributed by atoms with Crippen LogP contribution in [0.1, 0.15) is 26.3 Å². The van der Waals surface area contributed by atoms with Gasteiger partial charge in [0.15, 0.2) is 0 Å². The predicted octanol–water partition coefficient (Wildman–Crippen LogP) is 1.53. The smallest absolute Gasteiger partial charge is 0.243 e. The van der Waals surface area contributed by atoms with Crippen LogP contribution in [0.4, 0.5) is 5.69 Å². The number of anilines is 1. The van der Waals surface area contributed by atoms with Crippen LogP contribution in [0.5, 0.6) is 0 Å². The van der Waals surface area contributed by atoms with Crippen LogP contribution in [0.25, 0.3) is 0 Å². The summed E-state index contributed by atoms with van der Waals surface area (Å²) in [6, 6.07) is 7.49. The van der Waals surface area contributed by atoms with Gasteiger partial charge in [-0.1, -0.05) is 26.0 Å². The molecule has 2 N–H and O–H groups in total. The minimum Gasteiger partial charge on any atom is -0.378 e. The normalized spacial score (nSPS) is 11.9. The van der Waals surface area contributed by atoms with Crippen LogP contribution in [-0.4, -0.2) is 32.0 Å². The standard InChI is InChI=1S/C16H25N3O2/c1-11(2)15(18-12(3)20)16(21)17-10-13-6-8-14(9-7-13)19(4)5/h6-9,11,15H,10H2,1-5H3,(H,17,21)(H,18,20). The summed E-state index contributed by atoms with van der Waals surface area (Å²) in [4.78, 5) is 25.3. The first kappa shape index (κ1) is 17.0. The summed E-state index contributed by atoms with van der Waals surface area (Å²) < 4.78 is 0. The monoisotopic (exact) mass is 291 g/mol. The van der Waals surface area contributed by atoms with Crippen LogP contribution in [-0.2, 0) is 16.1 Å². The molecule has 1 unspecified atom stereocenters. The second-order valence-corrected chi connectivity index (χ2v) is 5.70. The lowest BCUT2D eigenvalue weighted by Crippen LogP contribution is -2.48. The van der Waals surface area contributed by atoms with Gasteiger partial charge in [0.1, 0.15) is 6.04 Å². The molecule has 0 saturated carbocycles. The van der Waals surface area contributed by atoms with Crippen molar-refractivity contribution in [3.05, 3.63) is 29.8 Å². The summed E-state index contributed by atoms with van der Waals surface area (Å²) in [7, 11) is 3.97. The number of amides is 2. The van der Waals surface area contributed by atoms with Crippen LogP contribution in [0.15, 0.2) is 24.3 Å². The highest BCUT2D eigenvalue weighted by Gasteiger charge is 2.22. The Balaban J connectivity index is 2.60. The van der Waals surface area contributed by atoms with Crippen molar-refractivity contribution in [2.45, 2.75) is 33.4 Å². The maximum Gasteiger partial charge on any atom is 0.243 e. The van der Waals surface area contributed by atoms with Crippen LogP contribution in [0.3, 0.4) is 0 Å². The molecule has 0 spiro atoms. The van der Waals surface area contributed by atoms with Gasteiger partial charge in [0.2, 0.25) is 11.8 Å². The van der Waals surface area contributed by atoms with Gasteiger partial charge in [0, 0.05) is 33.3 Å². The van der Waals surface area contributed by atoms with Gasteiger partial charge in [0.05, 0.1) is 0 Å². The summed E-state index contributed by atoms with van der Waals surface area (Å²) in [5, 5.41) is 5.55. The average molecular weight is 291 g/mol. The molecule has 5 nitrogen and oxygen atoms in total. The van der Waals surface area contributed by atoms with Gasteiger partial charge in [-0.15, -0.1) is 0 Å². The lowest BCUT2D eigenvalue weighted by atomic mass is 10.0. The number of carbonyl (C=O) groups is 2. The Morgan fingerprint density at radius 1 is 1.14 bits per heavy atom. The number of nitrogens with one attached hydrogen (secondary N) is 2. The van der Waals surface area contributed by atoms with Gasteiger partial charge >= 0.3 is 0 Å². The van der Waals surface area contributed by atoms with E-state index in [9.17, 15) is 9.59 Å². The van der Waals surface area contributed by atoms with Crippen molar-refractivity contribution in [2.75, 3.05) is 19.0 Å². The molecule has 0 aliphatic rings. The number of hydrogen-bond acceptors (Lipinski definition) is 3. The van der Waals surface area contributed by atoms with E-state index < -0.39 is 6.04 Å². The zero-order chi connectivity index (χ0) is 16.0. The molecule has 0 bridgehead atoms. The minimum atomic E-state index is -0.497. The van der Waals surface area contributed by atoms with Crippen molar-refractivity contribution < 1.29 is 9.59 Å². The molecule has 5 heteroatoms. The van der Waals surface area contributed by atoms with Gasteiger partial charge in [-0.2, -0.15) is 0 Å². The topological polar surface area (TPSA) is 61.4 Å². The number of hydrogen-bond donors (Lipinski definition) is 2. The molecule has 0 heterocycles. The first-order valence-electron chi connectivity index (χ1n) is 7.12. The van der Waals surface area contributed by atoms with E-state index in [2.05, 4.69) is 10.6 Å². The summed E-state index contributed by atoms with van der Waals surface area (Å²) >= 11 is 0. The predicted molar refractivity (Wildman–Crippen MR) is 85.1 cm³/mol. The molecule has 1 aromatic carbocycles. The molecule has 21 heavy (non-hydrogen) atoms. The van der Waals surface area contributed by atoms with Crippen LogP contribution >= 0.6 is 0 Å². The molecular formula is C16H25N3O2. The zero-order valence-electron chi connectivity index (χ0n) is 13.4. The molecule has 0 saturated heterocycles. The Labute approximate surface area is 126 Å². The van der Waals surface area contributed by atoms with Crippen molar-refractivity contribution in [2.24, 2.45) is 5.92 Å². The molecule has 0 aliphatic carbocycles. The molecule has 0 aromatic heterocycles. The molecule has 0 radical (unpaired) electrons. The van der Waals surface area contributed by atoms with E-state index in [0.717, 1.165) is 11.3 Å². The van der Waals surface area contributed by atoms with E-state index in [1.54, 1.807) is 0 Å². The Morgan fingerprint density at radius 2 is 1.71 bits per heavy atom. The second kappa shape index (κ2) is 7.67. The Hall–Kier alpha value is -2.04. The highest BCUT2D eigenvalue weighted by atomic mass is 16.2. The third-order valence-electron chi connectivity index (χ3n) is 3.23. The number of carbonyl (C=O) groups excluding carboxylic acids is 2. The molecule has 1 atom stereocenters. The zero-order valence-corrected chi connectivity index (χ0v) is 13.4. The molecule has 116 valence electrons. The maximum atomic E-state index is 12.1. The molecule has 1 aromatic rings. The van der Waals surface area contributed by atoms with E-state index >= 15 is 0 Å². The fourth-order valence-electron chi connectivity index (χ4n) is 1.97. The second-order valence-electron chi connectivity index (χ2n) is 5.70. The van der Waals surface area contributed by atoms with E-state index in [1.165, 1.54) is 6.92 Å². The fourth-order valence-corrected chi connectivity index (χ4v) is 1.97. The van der Waals surface area contributed by atoms with E-state index in [-0.39, 0.29) is 17.7 Å². The number of rotatable bonds is 6. The summed E-state index contributed by atoms with van der Waals surface area (Å²) in [6.07, 6.45) is 0. The van der Waals surface area contributed by atoms with Crippen molar-refractivity contribution in [1.29, 1.82) is 0 Å². The van der Waals surface area contributed by atoms with E-state index in [1.807, 2.05) is 57.1 Å². The Morgan fingerprint density at radius 3 is 2.14 bits per heavy atom. The van der Waals surface area contributed by atoms with Gasteiger partial charge in [-0.3, -0.25) is 9.59 Å². The SMILES string of the molecule is CC(=O)NC(C(=O)NCc1ccc(N(C)C)cc1)C(C)C. The van der Waals surface area contributed by atoms with E-state index in [4.69, 9.17) is 0 Å². The average Bonchev–Trinajstić information content (AvgIpc) is 2.42. The van der Waals surface area contributed by atoms with Crippen molar-refractivity contribution in [1.82, 2.24) is 10.6 Å². The molecule has 0 aliphatic heterocycles. The fraction of sp³-hybridized carbons (Fsp3) is 0.500. The van der Waals surface area contributed by atoms with Gasteiger partial charge in [0.25, 0.3) is 0 Å². The quantitative estimate of drug-likeness (QED) is 0.835. The van der Waals surface area contributed by atoms with Crippen molar-refractivity contribution in [3.8, 4) is 0 Å².